The number of amides is 2. The quantitative estimate of drug-likeness (QED) is 0.435. The Balaban J connectivity index is 1.39. The fourth-order valence-corrected chi connectivity index (χ4v) is 4.46. The zero-order valence-corrected chi connectivity index (χ0v) is 20.3. The lowest BCUT2D eigenvalue weighted by atomic mass is 9.93. The molecule has 0 unspecified atom stereocenters. The molecule has 0 aliphatic carbocycles. The van der Waals surface area contributed by atoms with Gasteiger partial charge < -0.3 is 10.6 Å². The maximum atomic E-state index is 13.0. The molecule has 2 N–H and O–H groups in total. The molecule has 1 aromatic heterocycles. The fourth-order valence-electron chi connectivity index (χ4n) is 4.17. The number of pyridine rings is 1. The van der Waals surface area contributed by atoms with Crippen LogP contribution in [0, 0.1) is 5.92 Å². The van der Waals surface area contributed by atoms with Crippen LogP contribution < -0.4 is 10.6 Å². The van der Waals surface area contributed by atoms with Crippen LogP contribution in [0.3, 0.4) is 0 Å². The van der Waals surface area contributed by atoms with Crippen molar-refractivity contribution in [2.45, 2.75) is 25.8 Å². The van der Waals surface area contributed by atoms with E-state index in [1.165, 1.54) is 17.8 Å². The number of nitrogens with zero attached hydrogens (tertiary/aromatic N) is 2. The highest BCUT2D eigenvalue weighted by atomic mass is 35.5. The first-order valence-corrected chi connectivity index (χ1v) is 12.0. The van der Waals surface area contributed by atoms with Crippen molar-refractivity contribution in [1.82, 2.24) is 9.88 Å². The first-order chi connectivity index (χ1) is 16.4. The molecule has 0 radical (unpaired) electrons. The highest BCUT2D eigenvalue weighted by molar-refractivity contribution is 6.31. The van der Waals surface area contributed by atoms with E-state index in [4.69, 9.17) is 23.2 Å². The lowest BCUT2D eigenvalue weighted by molar-refractivity contribution is -0.121. The lowest BCUT2D eigenvalue weighted by Gasteiger charge is -2.35. The normalized spacial score (nSPS) is 15.5. The van der Waals surface area contributed by atoms with Gasteiger partial charge in [0, 0.05) is 23.2 Å². The summed E-state index contributed by atoms with van der Waals surface area (Å²) in [4.78, 5) is 32.4. The van der Waals surface area contributed by atoms with Crippen LogP contribution in [-0.2, 0) is 4.79 Å². The van der Waals surface area contributed by atoms with Gasteiger partial charge in [-0.15, -0.1) is 0 Å². The fraction of sp³-hybridized carbons (Fsp3) is 0.269. The standard InChI is InChI=1S/C26H26Cl2N4O2/c1-17(18-5-3-2-4-6-18)32-13-11-19(12-14-32)25(33)30-23-9-7-20(27)15-22(23)26(34)31-24-10-8-21(28)16-29-24/h2-10,15-17,19H,11-14H2,1H3,(H,30,33)(H,29,31,34)/t17-/m1/s1. The van der Waals surface area contributed by atoms with E-state index in [2.05, 4.69) is 51.7 Å². The topological polar surface area (TPSA) is 74.3 Å². The molecule has 176 valence electrons. The Morgan fingerprint density at radius 2 is 1.68 bits per heavy atom. The zero-order valence-electron chi connectivity index (χ0n) is 18.8. The second-order valence-electron chi connectivity index (χ2n) is 8.39. The monoisotopic (exact) mass is 496 g/mol. The van der Waals surface area contributed by atoms with E-state index in [0.717, 1.165) is 25.9 Å². The van der Waals surface area contributed by atoms with Crippen molar-refractivity contribution < 1.29 is 9.59 Å². The van der Waals surface area contributed by atoms with Gasteiger partial charge in [-0.2, -0.15) is 0 Å². The molecular formula is C26H26Cl2N4O2. The molecule has 1 saturated heterocycles. The van der Waals surface area contributed by atoms with Gasteiger partial charge in [-0.25, -0.2) is 4.98 Å². The number of anilines is 2. The number of halogens is 2. The van der Waals surface area contributed by atoms with Crippen molar-refractivity contribution in [3.63, 3.8) is 0 Å². The summed E-state index contributed by atoms with van der Waals surface area (Å²) in [5, 5.41) is 6.52. The molecule has 1 fully saturated rings. The number of carbonyl (C=O) groups is 2. The molecule has 2 heterocycles. The molecule has 2 amide bonds. The van der Waals surface area contributed by atoms with Crippen LogP contribution in [0.25, 0.3) is 0 Å². The van der Waals surface area contributed by atoms with Crippen LogP contribution in [0.2, 0.25) is 10.0 Å². The van der Waals surface area contributed by atoms with Gasteiger partial charge in [-0.05, 0) is 68.8 Å². The molecule has 1 aliphatic heterocycles. The number of hydrogen-bond donors (Lipinski definition) is 2. The Labute approximate surface area is 209 Å². The number of carbonyl (C=O) groups excluding carboxylic acids is 2. The third-order valence-electron chi connectivity index (χ3n) is 6.18. The number of rotatable bonds is 6. The summed E-state index contributed by atoms with van der Waals surface area (Å²) < 4.78 is 0. The van der Waals surface area contributed by atoms with E-state index in [9.17, 15) is 9.59 Å². The van der Waals surface area contributed by atoms with Gasteiger partial charge in [0.25, 0.3) is 5.91 Å². The Hall–Kier alpha value is -2.93. The van der Waals surface area contributed by atoms with Crippen molar-refractivity contribution in [3.8, 4) is 0 Å². The van der Waals surface area contributed by atoms with Crippen molar-refractivity contribution in [3.05, 3.63) is 88.0 Å². The number of piperidine rings is 1. The van der Waals surface area contributed by atoms with Gasteiger partial charge in [0.2, 0.25) is 5.91 Å². The molecule has 1 aliphatic rings. The number of benzene rings is 2. The smallest absolute Gasteiger partial charge is 0.258 e. The van der Waals surface area contributed by atoms with E-state index in [1.54, 1.807) is 24.3 Å². The first-order valence-electron chi connectivity index (χ1n) is 11.2. The molecule has 0 spiro atoms. The SMILES string of the molecule is C[C@H](c1ccccc1)N1CCC(C(=O)Nc2ccc(Cl)cc2C(=O)Nc2ccc(Cl)cn2)CC1. The molecule has 0 saturated carbocycles. The summed E-state index contributed by atoms with van der Waals surface area (Å²) >= 11 is 12.0. The maximum absolute atomic E-state index is 13.0. The van der Waals surface area contributed by atoms with Crippen molar-refractivity contribution in [1.29, 1.82) is 0 Å². The second kappa shape index (κ2) is 11.0. The highest BCUT2D eigenvalue weighted by Gasteiger charge is 2.28. The summed E-state index contributed by atoms with van der Waals surface area (Å²) in [5.74, 6) is -0.276. The molecule has 6 nitrogen and oxygen atoms in total. The van der Waals surface area contributed by atoms with Crippen LogP contribution in [0.5, 0.6) is 0 Å². The average molecular weight is 497 g/mol. The zero-order chi connectivity index (χ0) is 24.1. The van der Waals surface area contributed by atoms with Crippen LogP contribution in [0.4, 0.5) is 11.5 Å². The van der Waals surface area contributed by atoms with E-state index < -0.39 is 5.91 Å². The minimum Gasteiger partial charge on any atom is -0.325 e. The van der Waals surface area contributed by atoms with Gasteiger partial charge >= 0.3 is 0 Å². The van der Waals surface area contributed by atoms with Crippen LogP contribution in [0.1, 0.15) is 41.7 Å². The molecule has 34 heavy (non-hydrogen) atoms. The van der Waals surface area contributed by atoms with Crippen molar-refractivity contribution >= 4 is 46.5 Å². The minimum absolute atomic E-state index is 0.0898. The summed E-state index contributed by atoms with van der Waals surface area (Å²) in [7, 11) is 0. The van der Waals surface area contributed by atoms with E-state index in [0.29, 0.717) is 27.6 Å². The lowest BCUT2D eigenvalue weighted by Crippen LogP contribution is -2.39. The Bertz CT molecular complexity index is 1150. The largest absolute Gasteiger partial charge is 0.325 e. The Morgan fingerprint density at radius 1 is 0.971 bits per heavy atom. The molecule has 1 atom stereocenters. The molecular weight excluding hydrogens is 471 g/mol. The van der Waals surface area contributed by atoms with Gasteiger partial charge in [0.1, 0.15) is 5.82 Å². The summed E-state index contributed by atoms with van der Waals surface area (Å²) in [5.41, 5.74) is 1.96. The first kappa shape index (κ1) is 24.2. The third kappa shape index (κ3) is 5.95. The molecule has 3 aromatic rings. The predicted octanol–water partition coefficient (Wildman–Crippen LogP) is 6.05. The summed E-state index contributed by atoms with van der Waals surface area (Å²) in [6.45, 7) is 3.87. The number of nitrogens with one attached hydrogen (secondary N) is 2. The summed E-state index contributed by atoms with van der Waals surface area (Å²) in [6.07, 6.45) is 2.96. The van der Waals surface area contributed by atoms with Crippen molar-refractivity contribution in [2.75, 3.05) is 23.7 Å². The van der Waals surface area contributed by atoms with E-state index in [1.807, 2.05) is 6.07 Å². The number of likely N-dealkylation sites (tertiary alicyclic amines) is 1. The molecule has 8 heteroatoms. The number of aromatic nitrogens is 1. The highest BCUT2D eigenvalue weighted by Crippen LogP contribution is 2.28. The van der Waals surface area contributed by atoms with Gasteiger partial charge in [0.05, 0.1) is 16.3 Å². The Morgan fingerprint density at radius 3 is 2.35 bits per heavy atom. The molecule has 4 rings (SSSR count). The van der Waals surface area contributed by atoms with E-state index in [-0.39, 0.29) is 17.4 Å². The number of hydrogen-bond acceptors (Lipinski definition) is 4. The third-order valence-corrected chi connectivity index (χ3v) is 6.64. The van der Waals surface area contributed by atoms with Crippen molar-refractivity contribution in [2.24, 2.45) is 5.92 Å². The molecule has 2 aromatic carbocycles. The Kier molecular flexibility index (Phi) is 7.83. The average Bonchev–Trinajstić information content (AvgIpc) is 2.86. The van der Waals surface area contributed by atoms with Gasteiger partial charge in [0.15, 0.2) is 0 Å². The predicted molar refractivity (Wildman–Crippen MR) is 136 cm³/mol. The van der Waals surface area contributed by atoms with Gasteiger partial charge in [-0.1, -0.05) is 53.5 Å². The minimum atomic E-state index is -0.417. The van der Waals surface area contributed by atoms with Gasteiger partial charge in [-0.3, -0.25) is 14.5 Å². The van der Waals surface area contributed by atoms with E-state index >= 15 is 0 Å². The van der Waals surface area contributed by atoms with Crippen LogP contribution in [0.15, 0.2) is 66.9 Å². The maximum Gasteiger partial charge on any atom is 0.258 e. The van der Waals surface area contributed by atoms with Crippen LogP contribution in [-0.4, -0.2) is 34.8 Å². The molecule has 0 bridgehead atoms. The second-order valence-corrected chi connectivity index (χ2v) is 9.26. The summed E-state index contributed by atoms with van der Waals surface area (Å²) in [6, 6.07) is 18.8. The van der Waals surface area contributed by atoms with Crippen LogP contribution >= 0.6 is 23.2 Å².